The van der Waals surface area contributed by atoms with E-state index >= 15 is 4.39 Å². The van der Waals surface area contributed by atoms with E-state index in [-0.39, 0.29) is 95.3 Å². The molecule has 9 saturated heterocycles. The first-order valence-corrected chi connectivity index (χ1v) is 48.6. The van der Waals surface area contributed by atoms with E-state index in [4.69, 9.17) is 129 Å². The molecule has 9 aliphatic rings. The lowest BCUT2D eigenvalue weighted by molar-refractivity contribution is -0.0673. The number of nitrogens with one attached hydrogen (secondary N) is 3. The van der Waals surface area contributed by atoms with Crippen LogP contribution in [0.4, 0.5) is 39.3 Å². The van der Waals surface area contributed by atoms with Crippen molar-refractivity contribution in [2.75, 3.05) is 74.0 Å². The summed E-state index contributed by atoms with van der Waals surface area (Å²) in [5.74, 6) is -0.666. The fraction of sp³-hybridized carbons (Fsp3) is 0.476. The normalized spacial score (nSPS) is 37.7. The second kappa shape index (κ2) is 35.6. The largest absolute Gasteiger partial charge is 0.472 e. The van der Waals surface area contributed by atoms with Crippen molar-refractivity contribution < 1.29 is 169 Å². The van der Waals surface area contributed by atoms with E-state index < -0.39 is 245 Å². The Morgan fingerprint density at radius 1 is 0.333 bits per heavy atom. The monoisotopic (exact) mass is 2040 g/mol. The number of aromatic nitrogens is 21. The number of nitrogens with zero attached hydrogens (tertiary/aromatic N) is 18. The van der Waals surface area contributed by atoms with Crippen LogP contribution in [-0.2, 0) is 110 Å². The molecule has 26 N–H and O–H groups in total. The molecular weight excluding hydrogens is 1960 g/mol. The highest BCUT2D eigenvalue weighted by molar-refractivity contribution is 7.71. The molecule has 12 aromatic heterocycles. The highest BCUT2D eigenvalue weighted by atomic mass is 32.1. The number of imidazole rings is 6. The number of phosphoric acid groups is 6. The smallest absolute Gasteiger partial charge is 0.397 e. The minimum Gasteiger partial charge on any atom is -0.397 e. The topological polar surface area (TPSA) is 913 Å². The minimum absolute atomic E-state index is 0.0436. The molecule has 0 aromatic carbocycles. The molecule has 6 unspecified atom stereocenters. The summed E-state index contributed by atoms with van der Waals surface area (Å²) in [7, 11) is -30.5. The van der Waals surface area contributed by atoms with Gasteiger partial charge in [-0.05, 0) is 18.2 Å². The van der Waals surface area contributed by atoms with Crippen LogP contribution in [-0.4, -0.2) is 307 Å². The SMILES string of the molecule is Nc1nc(=S)c2ncn([C@@H]3O[C@@H]4COP(=O)(O)O[C@H]5[C@@H](O)[C@H](n6cnc7c(N)ccnc76)O[C@@H]5COP(=O)(O)O[C@@H]3[C@@H]4O)c2[nH]1.Nc1nc2c(ncn2[C@@H]2O[C@@H]3COP(=O)(O)O[C@H]4[C@@H](O)[C@H](n5cnc6c(N)ccnc65)O[C@@H]4COP(=O)(O)O[C@@H]2[C@@H]3O)c(=O)[nH]1.Nc1nc2c(ncn2[C@@H]2O[C@@H]3COP(=O)(O)O[C@H]4[C@@H](O)[C@H](n5cnc6c(N)ccnc65)O[C@@H]4COP(=O)(O)O[C@@H]2[C@H]3F)c(=O)[nH]1. The molecule has 21 heterocycles. The van der Waals surface area contributed by atoms with Crippen molar-refractivity contribution in [1.29, 1.82) is 0 Å². The van der Waals surface area contributed by atoms with Gasteiger partial charge in [0.1, 0.15) is 131 Å². The number of hydrogen-bond acceptors (Lipinski definition) is 50. The van der Waals surface area contributed by atoms with Gasteiger partial charge in [0.25, 0.3) is 11.1 Å². The molecule has 726 valence electrons. The number of anilines is 6. The van der Waals surface area contributed by atoms with Gasteiger partial charge < -0.3 is 123 Å². The summed E-state index contributed by atoms with van der Waals surface area (Å²) in [4.78, 5) is 145. The number of pyridine rings is 3. The number of aliphatic hydroxyl groups excluding tert-OH is 5. The molecule has 9 aliphatic heterocycles. The van der Waals surface area contributed by atoms with Crippen molar-refractivity contribution in [2.45, 2.75) is 147 Å². The predicted molar refractivity (Wildman–Crippen MR) is 440 cm³/mol. The Bertz CT molecular complexity index is 6470. The van der Waals surface area contributed by atoms with Crippen LogP contribution in [0, 0.1) is 4.64 Å². The van der Waals surface area contributed by atoms with Crippen LogP contribution in [0.5, 0.6) is 0 Å². The number of aliphatic hydroxyl groups is 5. The molecule has 9 fully saturated rings. The Morgan fingerprint density at radius 3 is 0.978 bits per heavy atom. The van der Waals surface area contributed by atoms with Gasteiger partial charge in [0, 0.05) is 18.6 Å². The predicted octanol–water partition coefficient (Wildman–Crippen LogP) is -2.86. The number of H-pyrrole nitrogens is 3. The number of fused-ring (bicyclic) bond motifs is 15. The summed E-state index contributed by atoms with van der Waals surface area (Å²) >= 11 is 5.19. The average molecular weight is 2040 g/mol. The van der Waals surface area contributed by atoms with E-state index in [2.05, 4.69) is 74.8 Å². The number of nitrogen functional groups attached to an aromatic ring is 6. The number of nitrogens with two attached hydrogens (primary N) is 6. The highest BCUT2D eigenvalue weighted by Gasteiger charge is 2.60. The van der Waals surface area contributed by atoms with Gasteiger partial charge in [0.15, 0.2) is 93.4 Å². The molecule has 0 saturated carbocycles. The quantitative estimate of drug-likeness (QED) is 0.0588. The molecule has 0 amide bonds. The average Bonchev–Trinajstić information content (AvgIpc) is 1.62. The molecule has 135 heavy (non-hydrogen) atoms. The Labute approximate surface area is 750 Å². The summed E-state index contributed by atoms with van der Waals surface area (Å²) < 4.78 is 199. The zero-order valence-electron chi connectivity index (χ0n) is 67.5. The first-order chi connectivity index (χ1) is 63.9. The summed E-state index contributed by atoms with van der Waals surface area (Å²) in [6.45, 7) is -4.99. The summed E-state index contributed by atoms with van der Waals surface area (Å²) in [6.07, 6.45) is -27.1. The second-order valence-electron chi connectivity index (χ2n) is 30.8. The molecular formula is C63H74FN27O37P6S. The number of halogens is 1. The molecule has 64 nitrogen and oxygen atoms in total. The molecule has 0 aliphatic carbocycles. The lowest BCUT2D eigenvalue weighted by atomic mass is 10.1. The lowest BCUT2D eigenvalue weighted by Gasteiger charge is -2.26. The molecule has 30 atom stereocenters. The van der Waals surface area contributed by atoms with E-state index in [1.807, 2.05) is 0 Å². The van der Waals surface area contributed by atoms with Crippen LogP contribution in [0.3, 0.4) is 0 Å². The standard InChI is InChI=1S/C21H24FN9O12P2.C21H25N9O13P2.C21H25N9O12P2S/c22-10-8-3-38-44(34,35)42-14-9(41-19(13(14)32)30-5-26-11-7(23)1-2-25-16(11)30)4-39-45(36,37)43-15(10)20(40-8)31-6-27-12-17(31)28-21(24)29-18(12)33;22-7-1-2-24-16-10(7)25-5-29(16)19-13(32)14-9(41-19)4-39-45(36,37)43-15-12(31)8(3-38-44(34,35)42-14)40-20(15)30-6-26-11-17(30)27-21(23)28-18(11)33;22-7-1-2-24-16-10(7)25-5-29(16)19-13(32)14-9(40-19)4-38-44(35,36)42-15-12(31)8(3-37-43(33,34)41-14)39-20(15)30-6-26-11-17(30)27-21(23)28-18(11)45/h1-2,5-6,8-10,13-15,19-20,32H,3-4H2,(H2,23,25)(H,34,35)(H,36,37)(H3,24,28,29,33);1-2,5-6,8-9,12-15,19-20,31-32H,3-4H2,(H2,22,24)(H,34,35)(H,36,37)(H3,23,27,28,33);1-2,5-6,8-9,12-15,19-20,31-32H,3-4H2,(H2,22,24)(H,33,34)(H,35,36)(H3,23,27,28,45)/t8-,9-,10+,13-,14-,15-,19-,20-;2*8-,9-,12-,13-,14-,15-,19-,20-/m111/s1. The van der Waals surface area contributed by atoms with Gasteiger partial charge in [-0.25, -0.2) is 81.6 Å². The van der Waals surface area contributed by atoms with Gasteiger partial charge in [-0.2, -0.15) is 9.97 Å². The maximum atomic E-state index is 15.7. The van der Waals surface area contributed by atoms with Crippen LogP contribution < -0.4 is 45.5 Å². The fourth-order valence-electron chi connectivity index (χ4n) is 16.1. The Kier molecular flexibility index (Phi) is 24.9. The molecule has 0 spiro atoms. The van der Waals surface area contributed by atoms with Crippen molar-refractivity contribution >= 4 is 161 Å². The lowest BCUT2D eigenvalue weighted by Crippen LogP contribution is -2.36. The minimum atomic E-state index is -5.19. The number of aromatic amines is 3. The van der Waals surface area contributed by atoms with Crippen molar-refractivity contribution in [1.82, 2.24) is 102 Å². The van der Waals surface area contributed by atoms with E-state index in [0.29, 0.717) is 11.2 Å². The summed E-state index contributed by atoms with van der Waals surface area (Å²) in [6, 6.07) is 4.53. The van der Waals surface area contributed by atoms with Crippen LogP contribution >= 0.6 is 59.2 Å². The first kappa shape index (κ1) is 94.3. The van der Waals surface area contributed by atoms with Crippen LogP contribution in [0.25, 0.3) is 67.0 Å². The summed E-state index contributed by atoms with van der Waals surface area (Å²) in [5.41, 5.74) is 35.5. The van der Waals surface area contributed by atoms with E-state index in [0.717, 1.165) is 21.8 Å². The van der Waals surface area contributed by atoms with Gasteiger partial charge in [0.05, 0.1) is 94.7 Å². The Balaban J connectivity index is 0.000000130. The van der Waals surface area contributed by atoms with Gasteiger partial charge in [0.2, 0.25) is 11.9 Å². The third kappa shape index (κ3) is 18.1. The maximum absolute atomic E-state index is 15.7. The van der Waals surface area contributed by atoms with Crippen LogP contribution in [0.1, 0.15) is 37.4 Å². The van der Waals surface area contributed by atoms with Crippen molar-refractivity contribution in [2.24, 2.45) is 0 Å². The third-order valence-electron chi connectivity index (χ3n) is 22.2. The number of alkyl halides is 1. The molecule has 12 aromatic rings. The molecule has 72 heteroatoms. The van der Waals surface area contributed by atoms with E-state index in [1.54, 1.807) is 0 Å². The third-order valence-corrected chi connectivity index (χ3v) is 28.4. The van der Waals surface area contributed by atoms with Gasteiger partial charge >= 0.3 is 46.9 Å². The van der Waals surface area contributed by atoms with E-state index in [1.165, 1.54) is 80.4 Å². The van der Waals surface area contributed by atoms with Gasteiger partial charge in [-0.3, -0.25) is 101 Å². The van der Waals surface area contributed by atoms with Gasteiger partial charge in [-0.1, -0.05) is 12.2 Å². The Hall–Kier alpha value is -9.72. The number of phosphoric ester groups is 6. The zero-order chi connectivity index (χ0) is 95.5. The second-order valence-corrected chi connectivity index (χ2v) is 39.6. The number of rotatable bonds is 6. The van der Waals surface area contributed by atoms with Crippen LogP contribution in [0.2, 0.25) is 0 Å². The van der Waals surface area contributed by atoms with Crippen molar-refractivity contribution in [3.05, 3.63) is 100 Å². The highest BCUT2D eigenvalue weighted by Crippen LogP contribution is 2.59. The number of hydrogen-bond donors (Lipinski definition) is 20. The first-order valence-electron chi connectivity index (χ1n) is 39.2. The molecule has 0 radical (unpaired) electrons. The van der Waals surface area contributed by atoms with Crippen LogP contribution in [0.15, 0.2) is 84.3 Å². The Morgan fingerprint density at radius 2 is 0.607 bits per heavy atom. The zero-order valence-corrected chi connectivity index (χ0v) is 73.7. The molecule has 21 rings (SSSR count). The molecule has 6 bridgehead atoms. The maximum Gasteiger partial charge on any atom is 0.472 e. The van der Waals surface area contributed by atoms with Crippen molar-refractivity contribution in [3.8, 4) is 0 Å². The fourth-order valence-corrected chi connectivity index (χ4v) is 22.1. The van der Waals surface area contributed by atoms with Gasteiger partial charge in [-0.15, -0.1) is 0 Å². The van der Waals surface area contributed by atoms with E-state index in [9.17, 15) is 91.9 Å². The van der Waals surface area contributed by atoms with Crippen molar-refractivity contribution in [3.63, 3.8) is 0 Å². The summed E-state index contributed by atoms with van der Waals surface area (Å²) in [5, 5.41) is 55.5. The number of ether oxygens (including phenoxy) is 6.